The van der Waals surface area contributed by atoms with E-state index < -0.39 is 5.56 Å². The maximum Gasteiger partial charge on any atom is 0.266 e. The molecule has 1 aromatic heterocycles. The van der Waals surface area contributed by atoms with Gasteiger partial charge in [0.2, 0.25) is 6.79 Å². The molecule has 0 atom stereocenters. The van der Waals surface area contributed by atoms with Gasteiger partial charge in [-0.2, -0.15) is 5.26 Å². The lowest BCUT2D eigenvalue weighted by Gasteiger charge is -2.09. The molecule has 0 unspecified atom stereocenters. The van der Waals surface area contributed by atoms with Gasteiger partial charge in [-0.05, 0) is 42.0 Å². The Labute approximate surface area is 148 Å². The predicted octanol–water partition coefficient (Wildman–Crippen LogP) is 3.96. The van der Waals surface area contributed by atoms with Crippen LogP contribution in [0.5, 0.6) is 11.5 Å². The van der Waals surface area contributed by atoms with Crippen LogP contribution in [0.3, 0.4) is 0 Å². The average Bonchev–Trinajstić information content (AvgIpc) is 3.09. The Morgan fingerprint density at radius 2 is 1.72 bits per heavy atom. The molecule has 2 aromatic carbocycles. The molecule has 0 aliphatic carbocycles. The van der Waals surface area contributed by atoms with Crippen molar-refractivity contribution in [1.29, 1.82) is 5.26 Å². The average molecular weight is 351 g/mol. The van der Waals surface area contributed by atoms with E-state index in [4.69, 9.17) is 21.1 Å². The number of nitriles is 1. The fourth-order valence-electron chi connectivity index (χ4n) is 2.75. The first kappa shape index (κ1) is 15.3. The second-order valence-corrected chi connectivity index (χ2v) is 5.92. The van der Waals surface area contributed by atoms with Crippen molar-refractivity contribution >= 4 is 11.6 Å². The van der Waals surface area contributed by atoms with E-state index in [-0.39, 0.29) is 12.4 Å². The second kappa shape index (κ2) is 6.00. The molecule has 2 heterocycles. The number of aromatic nitrogens is 1. The number of hydrogen-bond donors (Lipinski definition) is 1. The van der Waals surface area contributed by atoms with Gasteiger partial charge < -0.3 is 14.5 Å². The Morgan fingerprint density at radius 1 is 1.00 bits per heavy atom. The molecular formula is C19H11ClN2O3. The van der Waals surface area contributed by atoms with E-state index in [1.54, 1.807) is 42.5 Å². The number of benzene rings is 2. The monoisotopic (exact) mass is 350 g/mol. The van der Waals surface area contributed by atoms with Gasteiger partial charge in [-0.3, -0.25) is 4.79 Å². The molecule has 1 aliphatic heterocycles. The summed E-state index contributed by atoms with van der Waals surface area (Å²) < 4.78 is 10.7. The van der Waals surface area contributed by atoms with Gasteiger partial charge in [0.15, 0.2) is 11.5 Å². The number of ether oxygens (including phenoxy) is 2. The molecule has 5 nitrogen and oxygen atoms in total. The Morgan fingerprint density at radius 3 is 2.48 bits per heavy atom. The number of fused-ring (bicyclic) bond motifs is 1. The number of aromatic amines is 1. The smallest absolute Gasteiger partial charge is 0.266 e. The van der Waals surface area contributed by atoms with Crippen molar-refractivity contribution in [3.8, 4) is 40.0 Å². The lowest BCUT2D eigenvalue weighted by molar-refractivity contribution is 0.174. The van der Waals surface area contributed by atoms with Crippen LogP contribution in [0.4, 0.5) is 0 Å². The zero-order valence-corrected chi connectivity index (χ0v) is 13.6. The molecule has 1 N–H and O–H groups in total. The zero-order valence-electron chi connectivity index (χ0n) is 12.9. The van der Waals surface area contributed by atoms with Crippen molar-refractivity contribution in [3.63, 3.8) is 0 Å². The molecule has 4 rings (SSSR count). The number of halogens is 1. The van der Waals surface area contributed by atoms with Crippen molar-refractivity contribution in [2.75, 3.05) is 6.79 Å². The summed E-state index contributed by atoms with van der Waals surface area (Å²) in [6.45, 7) is 0.179. The molecule has 25 heavy (non-hydrogen) atoms. The highest BCUT2D eigenvalue weighted by molar-refractivity contribution is 6.30. The van der Waals surface area contributed by atoms with Crippen LogP contribution in [-0.4, -0.2) is 11.8 Å². The van der Waals surface area contributed by atoms with E-state index in [1.165, 1.54) is 0 Å². The molecule has 0 fully saturated rings. The molecular weight excluding hydrogens is 340 g/mol. The Bertz CT molecular complexity index is 1070. The van der Waals surface area contributed by atoms with E-state index in [0.717, 1.165) is 11.1 Å². The number of pyridine rings is 1. The fourth-order valence-corrected chi connectivity index (χ4v) is 2.87. The number of hydrogen-bond acceptors (Lipinski definition) is 4. The molecule has 0 saturated heterocycles. The second-order valence-electron chi connectivity index (χ2n) is 5.49. The number of nitrogens with one attached hydrogen (secondary N) is 1. The summed E-state index contributed by atoms with van der Waals surface area (Å²) in [6, 6.07) is 16.2. The topological polar surface area (TPSA) is 75.1 Å². The van der Waals surface area contributed by atoms with Crippen molar-refractivity contribution in [1.82, 2.24) is 4.98 Å². The highest BCUT2D eigenvalue weighted by Crippen LogP contribution is 2.36. The maximum absolute atomic E-state index is 12.4. The van der Waals surface area contributed by atoms with Crippen molar-refractivity contribution in [3.05, 3.63) is 69.5 Å². The van der Waals surface area contributed by atoms with E-state index in [2.05, 4.69) is 4.98 Å². The van der Waals surface area contributed by atoms with Gasteiger partial charge >= 0.3 is 0 Å². The van der Waals surface area contributed by atoms with Gasteiger partial charge in [0.25, 0.3) is 5.56 Å². The molecule has 122 valence electrons. The van der Waals surface area contributed by atoms with E-state index in [9.17, 15) is 10.1 Å². The van der Waals surface area contributed by atoms with Crippen molar-refractivity contribution in [2.45, 2.75) is 0 Å². The van der Waals surface area contributed by atoms with Crippen LogP contribution in [0.2, 0.25) is 5.02 Å². The first-order valence-corrected chi connectivity index (χ1v) is 7.87. The molecule has 0 bridgehead atoms. The Balaban J connectivity index is 1.89. The first-order chi connectivity index (χ1) is 12.2. The minimum atomic E-state index is -0.442. The molecule has 1 aliphatic rings. The lowest BCUT2D eigenvalue weighted by Crippen LogP contribution is -2.12. The minimum Gasteiger partial charge on any atom is -0.454 e. The third-order valence-electron chi connectivity index (χ3n) is 3.98. The SMILES string of the molecule is N#Cc1c(-c2ccc(Cl)cc2)cc(-c2ccc3c(c2)OCO3)[nH]c1=O. The number of H-pyrrole nitrogens is 1. The van der Waals surface area contributed by atoms with Crippen LogP contribution in [0.25, 0.3) is 22.4 Å². The van der Waals surface area contributed by atoms with Gasteiger partial charge in [0.05, 0.1) is 0 Å². The van der Waals surface area contributed by atoms with Crippen LogP contribution in [-0.2, 0) is 0 Å². The first-order valence-electron chi connectivity index (χ1n) is 7.49. The molecule has 6 heteroatoms. The molecule has 0 radical (unpaired) electrons. The van der Waals surface area contributed by atoms with Crippen LogP contribution in [0.1, 0.15) is 5.56 Å². The third kappa shape index (κ3) is 2.73. The predicted molar refractivity (Wildman–Crippen MR) is 93.8 cm³/mol. The summed E-state index contributed by atoms with van der Waals surface area (Å²) in [4.78, 5) is 15.1. The highest BCUT2D eigenvalue weighted by Gasteiger charge is 2.16. The lowest BCUT2D eigenvalue weighted by atomic mass is 9.99. The standard InChI is InChI=1S/C19H11ClN2O3/c20-13-4-1-11(2-5-13)14-8-16(22-19(23)15(14)9-21)12-3-6-17-18(7-12)25-10-24-17/h1-8H,10H2,(H,22,23). The van der Waals surface area contributed by atoms with Crippen LogP contribution in [0, 0.1) is 11.3 Å². The van der Waals surface area contributed by atoms with E-state index in [1.807, 2.05) is 12.1 Å². The fraction of sp³-hybridized carbons (Fsp3) is 0.0526. The summed E-state index contributed by atoms with van der Waals surface area (Å²) in [6.07, 6.45) is 0. The van der Waals surface area contributed by atoms with E-state index in [0.29, 0.717) is 27.8 Å². The van der Waals surface area contributed by atoms with E-state index >= 15 is 0 Å². The van der Waals surface area contributed by atoms with Gasteiger partial charge in [0, 0.05) is 21.8 Å². The zero-order chi connectivity index (χ0) is 17.4. The summed E-state index contributed by atoms with van der Waals surface area (Å²) in [7, 11) is 0. The Hall–Kier alpha value is -3.23. The van der Waals surface area contributed by atoms with Gasteiger partial charge in [0.1, 0.15) is 11.6 Å². The number of nitrogens with zero attached hydrogens (tertiary/aromatic N) is 1. The summed E-state index contributed by atoms with van der Waals surface area (Å²) >= 11 is 5.93. The molecule has 0 spiro atoms. The van der Waals surface area contributed by atoms with Gasteiger partial charge in [-0.25, -0.2) is 0 Å². The maximum atomic E-state index is 12.4. The van der Waals surface area contributed by atoms with Crippen LogP contribution in [0.15, 0.2) is 53.3 Å². The minimum absolute atomic E-state index is 0.0619. The third-order valence-corrected chi connectivity index (χ3v) is 4.24. The van der Waals surface area contributed by atoms with Gasteiger partial charge in [-0.1, -0.05) is 23.7 Å². The molecule has 0 saturated carbocycles. The van der Waals surface area contributed by atoms with Crippen molar-refractivity contribution in [2.24, 2.45) is 0 Å². The summed E-state index contributed by atoms with van der Waals surface area (Å²) in [5.74, 6) is 1.29. The quantitative estimate of drug-likeness (QED) is 0.759. The largest absolute Gasteiger partial charge is 0.454 e. The Kier molecular flexibility index (Phi) is 3.68. The van der Waals surface area contributed by atoms with Gasteiger partial charge in [-0.15, -0.1) is 0 Å². The summed E-state index contributed by atoms with van der Waals surface area (Å²) in [5.41, 5.74) is 2.27. The van der Waals surface area contributed by atoms with Crippen LogP contribution < -0.4 is 15.0 Å². The molecule has 0 amide bonds. The summed E-state index contributed by atoms with van der Waals surface area (Å²) in [5, 5.41) is 9.96. The highest BCUT2D eigenvalue weighted by atomic mass is 35.5. The number of rotatable bonds is 2. The van der Waals surface area contributed by atoms with Crippen molar-refractivity contribution < 1.29 is 9.47 Å². The molecule has 3 aromatic rings. The normalized spacial score (nSPS) is 12.0. The van der Waals surface area contributed by atoms with Crippen LogP contribution >= 0.6 is 11.6 Å².